The fourth-order valence-electron chi connectivity index (χ4n) is 2.30. The minimum atomic E-state index is 0.0101. The lowest BCUT2D eigenvalue weighted by atomic mass is 10.3. The van der Waals surface area contributed by atoms with Gasteiger partial charge < -0.3 is 11.1 Å². The molecule has 0 radical (unpaired) electrons. The number of anilines is 1. The van der Waals surface area contributed by atoms with Crippen LogP contribution in [0.25, 0.3) is 0 Å². The molecule has 1 fully saturated rings. The van der Waals surface area contributed by atoms with Gasteiger partial charge in [0.25, 0.3) is 0 Å². The normalized spacial score (nSPS) is 16.6. The van der Waals surface area contributed by atoms with E-state index in [1.54, 1.807) is 0 Å². The Hall–Kier alpha value is -1.02. The molecule has 1 aliphatic heterocycles. The van der Waals surface area contributed by atoms with E-state index in [1.807, 2.05) is 24.3 Å². The molecule has 5 nitrogen and oxygen atoms in total. The number of halogens is 1. The monoisotopic (exact) mass is 370 g/mol. The SMILES string of the molecule is NC(=S)CN1CCN(CC(=O)Nc2cccc(Br)c2)CC1. The molecule has 21 heavy (non-hydrogen) atoms. The van der Waals surface area contributed by atoms with Crippen LogP contribution in [0.2, 0.25) is 0 Å². The number of amides is 1. The van der Waals surface area contributed by atoms with E-state index < -0.39 is 0 Å². The molecular formula is C14H19BrN4OS. The van der Waals surface area contributed by atoms with Crippen LogP contribution in [0.15, 0.2) is 28.7 Å². The summed E-state index contributed by atoms with van der Waals surface area (Å²) < 4.78 is 0.951. The third kappa shape index (κ3) is 5.70. The Bertz CT molecular complexity index is 517. The van der Waals surface area contributed by atoms with Crippen molar-refractivity contribution in [3.05, 3.63) is 28.7 Å². The van der Waals surface area contributed by atoms with Crippen LogP contribution >= 0.6 is 28.1 Å². The van der Waals surface area contributed by atoms with Crippen LogP contribution in [0.4, 0.5) is 5.69 Å². The molecule has 1 amide bonds. The summed E-state index contributed by atoms with van der Waals surface area (Å²) in [5.41, 5.74) is 6.35. The number of benzene rings is 1. The highest BCUT2D eigenvalue weighted by Gasteiger charge is 2.19. The molecule has 1 heterocycles. The molecule has 2 rings (SSSR count). The van der Waals surface area contributed by atoms with Crippen LogP contribution in [-0.4, -0.2) is 60.0 Å². The zero-order valence-corrected chi connectivity index (χ0v) is 14.1. The van der Waals surface area contributed by atoms with E-state index >= 15 is 0 Å². The summed E-state index contributed by atoms with van der Waals surface area (Å²) in [6.07, 6.45) is 0. The number of nitrogens with one attached hydrogen (secondary N) is 1. The first-order chi connectivity index (χ1) is 10.0. The van der Waals surface area contributed by atoms with Crippen LogP contribution in [0.5, 0.6) is 0 Å². The second-order valence-electron chi connectivity index (χ2n) is 5.08. The summed E-state index contributed by atoms with van der Waals surface area (Å²) in [5, 5.41) is 2.91. The summed E-state index contributed by atoms with van der Waals surface area (Å²) >= 11 is 8.30. The van der Waals surface area contributed by atoms with Crippen molar-refractivity contribution in [2.75, 3.05) is 44.6 Å². The summed E-state index contributed by atoms with van der Waals surface area (Å²) in [4.78, 5) is 16.9. The van der Waals surface area contributed by atoms with Crippen molar-refractivity contribution < 1.29 is 4.79 Å². The Morgan fingerprint density at radius 2 is 1.86 bits per heavy atom. The van der Waals surface area contributed by atoms with Gasteiger partial charge in [-0.2, -0.15) is 0 Å². The Morgan fingerprint density at radius 3 is 2.43 bits per heavy atom. The van der Waals surface area contributed by atoms with Gasteiger partial charge in [0.15, 0.2) is 0 Å². The molecule has 1 saturated heterocycles. The van der Waals surface area contributed by atoms with E-state index in [-0.39, 0.29) is 5.91 Å². The maximum atomic E-state index is 12.0. The number of piperazine rings is 1. The molecule has 0 atom stereocenters. The molecule has 0 spiro atoms. The maximum Gasteiger partial charge on any atom is 0.238 e. The van der Waals surface area contributed by atoms with Gasteiger partial charge in [-0.3, -0.25) is 14.6 Å². The number of nitrogens with zero attached hydrogens (tertiary/aromatic N) is 2. The Kier molecular flexibility index (Phi) is 6.10. The van der Waals surface area contributed by atoms with Gasteiger partial charge in [0.2, 0.25) is 5.91 Å². The summed E-state index contributed by atoms with van der Waals surface area (Å²) in [5.74, 6) is 0.0101. The lowest BCUT2D eigenvalue weighted by Crippen LogP contribution is -2.50. The fraction of sp³-hybridized carbons (Fsp3) is 0.429. The molecule has 1 aromatic rings. The Balaban J connectivity index is 1.75. The molecular weight excluding hydrogens is 352 g/mol. The van der Waals surface area contributed by atoms with E-state index in [0.29, 0.717) is 18.1 Å². The number of rotatable bonds is 5. The molecule has 0 aromatic heterocycles. The van der Waals surface area contributed by atoms with Crippen molar-refractivity contribution in [2.24, 2.45) is 5.73 Å². The van der Waals surface area contributed by atoms with Crippen molar-refractivity contribution in [3.63, 3.8) is 0 Å². The summed E-state index contributed by atoms with van der Waals surface area (Å²) in [7, 11) is 0. The molecule has 0 unspecified atom stereocenters. The third-order valence-electron chi connectivity index (χ3n) is 3.32. The van der Waals surface area contributed by atoms with Gasteiger partial charge in [-0.05, 0) is 18.2 Å². The second-order valence-corrected chi connectivity index (χ2v) is 6.52. The van der Waals surface area contributed by atoms with Crippen LogP contribution in [0, 0.1) is 0 Å². The Labute approximate surface area is 138 Å². The van der Waals surface area contributed by atoms with Gasteiger partial charge in [0.05, 0.1) is 11.5 Å². The van der Waals surface area contributed by atoms with Crippen LogP contribution in [0.3, 0.4) is 0 Å². The highest BCUT2D eigenvalue weighted by molar-refractivity contribution is 9.10. The molecule has 3 N–H and O–H groups in total. The number of carbonyl (C=O) groups is 1. The van der Waals surface area contributed by atoms with Crippen molar-refractivity contribution in [3.8, 4) is 0 Å². The summed E-state index contributed by atoms with van der Waals surface area (Å²) in [6, 6.07) is 7.59. The van der Waals surface area contributed by atoms with Crippen molar-refractivity contribution in [1.29, 1.82) is 0 Å². The third-order valence-corrected chi connectivity index (χ3v) is 3.94. The molecule has 7 heteroatoms. The maximum absolute atomic E-state index is 12.0. The molecule has 114 valence electrons. The van der Waals surface area contributed by atoms with Crippen LogP contribution < -0.4 is 11.1 Å². The highest BCUT2D eigenvalue weighted by Crippen LogP contribution is 2.15. The zero-order chi connectivity index (χ0) is 15.2. The topological polar surface area (TPSA) is 61.6 Å². The lowest BCUT2D eigenvalue weighted by molar-refractivity contribution is -0.117. The van der Waals surface area contributed by atoms with Crippen LogP contribution in [-0.2, 0) is 4.79 Å². The number of hydrogen-bond donors (Lipinski definition) is 2. The van der Waals surface area contributed by atoms with Crippen LogP contribution in [0.1, 0.15) is 0 Å². The van der Waals surface area contributed by atoms with E-state index in [9.17, 15) is 4.79 Å². The standard InChI is InChI=1S/C14H19BrN4OS/c15-11-2-1-3-12(8-11)17-14(20)10-19-6-4-18(5-7-19)9-13(16)21/h1-3,8H,4-7,9-10H2,(H2,16,21)(H,17,20). The molecule has 1 aliphatic rings. The highest BCUT2D eigenvalue weighted by atomic mass is 79.9. The van der Waals surface area contributed by atoms with Crippen molar-refractivity contribution in [1.82, 2.24) is 9.80 Å². The first-order valence-corrected chi connectivity index (χ1v) is 8.01. The average molecular weight is 371 g/mol. The van der Waals surface area contributed by atoms with Gasteiger partial charge in [-0.1, -0.05) is 34.2 Å². The van der Waals surface area contributed by atoms with Gasteiger partial charge in [0, 0.05) is 42.9 Å². The van der Waals surface area contributed by atoms with Crippen molar-refractivity contribution >= 4 is 44.7 Å². The minimum Gasteiger partial charge on any atom is -0.392 e. The van der Waals surface area contributed by atoms with E-state index in [2.05, 4.69) is 31.0 Å². The lowest BCUT2D eigenvalue weighted by Gasteiger charge is -2.33. The summed E-state index contributed by atoms with van der Waals surface area (Å²) in [6.45, 7) is 4.56. The van der Waals surface area contributed by atoms with Gasteiger partial charge in [-0.15, -0.1) is 0 Å². The average Bonchev–Trinajstić information content (AvgIpc) is 2.40. The van der Waals surface area contributed by atoms with Crippen molar-refractivity contribution in [2.45, 2.75) is 0 Å². The first-order valence-electron chi connectivity index (χ1n) is 6.81. The quantitative estimate of drug-likeness (QED) is 0.764. The van der Waals surface area contributed by atoms with Gasteiger partial charge in [0.1, 0.15) is 0 Å². The fourth-order valence-corrected chi connectivity index (χ4v) is 2.88. The van der Waals surface area contributed by atoms with Gasteiger partial charge >= 0.3 is 0 Å². The van der Waals surface area contributed by atoms with E-state index in [1.165, 1.54) is 0 Å². The smallest absolute Gasteiger partial charge is 0.238 e. The number of nitrogens with two attached hydrogens (primary N) is 1. The molecule has 0 bridgehead atoms. The minimum absolute atomic E-state index is 0.0101. The number of hydrogen-bond acceptors (Lipinski definition) is 4. The second kappa shape index (κ2) is 7.84. The largest absolute Gasteiger partial charge is 0.392 e. The molecule has 0 saturated carbocycles. The predicted octanol–water partition coefficient (Wildman–Crippen LogP) is 1.29. The molecule has 1 aromatic carbocycles. The zero-order valence-electron chi connectivity index (χ0n) is 11.7. The number of carbonyl (C=O) groups excluding carboxylic acids is 1. The van der Waals surface area contributed by atoms with Gasteiger partial charge in [-0.25, -0.2) is 0 Å². The first kappa shape index (κ1) is 16.4. The van der Waals surface area contributed by atoms with E-state index in [4.69, 9.17) is 18.0 Å². The van der Waals surface area contributed by atoms with E-state index in [0.717, 1.165) is 36.3 Å². The predicted molar refractivity (Wildman–Crippen MR) is 92.4 cm³/mol. The number of thiocarbonyl (C=S) groups is 1. The Morgan fingerprint density at radius 1 is 1.24 bits per heavy atom. The molecule has 0 aliphatic carbocycles.